The van der Waals surface area contributed by atoms with E-state index >= 15 is 0 Å². The van der Waals surface area contributed by atoms with Gasteiger partial charge in [0.25, 0.3) is 0 Å². The highest BCUT2D eigenvalue weighted by Gasteiger charge is 2.00. The van der Waals surface area contributed by atoms with Gasteiger partial charge in [-0.3, -0.25) is 4.40 Å². The molecule has 0 unspecified atom stereocenters. The van der Waals surface area contributed by atoms with Crippen molar-refractivity contribution in [1.82, 2.24) is 9.38 Å². The molecule has 58 valence electrons. The lowest BCUT2D eigenvalue weighted by atomic mass is 10.3. The molecule has 2 aromatic rings. The van der Waals surface area contributed by atoms with Crippen molar-refractivity contribution >= 4 is 16.3 Å². The molecule has 0 atom stereocenters. The Hall–Kier alpha value is -0.830. The highest BCUT2D eigenvalue weighted by Crippen LogP contribution is 2.15. The highest BCUT2D eigenvalue weighted by atomic mass is 32.1. The van der Waals surface area contributed by atoms with Crippen LogP contribution in [0.15, 0.2) is 17.8 Å². The maximum absolute atomic E-state index is 4.20. The first-order valence-corrected chi connectivity index (χ1v) is 4.69. The van der Waals surface area contributed by atoms with Gasteiger partial charge in [0, 0.05) is 23.5 Å². The molecule has 0 bridgehead atoms. The summed E-state index contributed by atoms with van der Waals surface area (Å²) in [6.45, 7) is 2.19. The molecule has 0 amide bonds. The van der Waals surface area contributed by atoms with Crippen molar-refractivity contribution in [2.45, 2.75) is 19.8 Å². The van der Waals surface area contributed by atoms with E-state index in [0.29, 0.717) is 0 Å². The molecule has 0 aliphatic rings. The number of aryl methyl sites for hydroxylation is 1. The second kappa shape index (κ2) is 2.66. The Labute approximate surface area is 69.5 Å². The van der Waals surface area contributed by atoms with E-state index in [2.05, 4.69) is 21.7 Å². The first-order valence-electron chi connectivity index (χ1n) is 3.81. The fourth-order valence-electron chi connectivity index (χ4n) is 1.21. The van der Waals surface area contributed by atoms with Gasteiger partial charge in [0.1, 0.15) is 0 Å². The summed E-state index contributed by atoms with van der Waals surface area (Å²) >= 11 is 1.71. The smallest absolute Gasteiger partial charge is 0.193 e. The summed E-state index contributed by atoms with van der Waals surface area (Å²) < 4.78 is 2.16. The second-order valence-corrected chi connectivity index (χ2v) is 3.39. The van der Waals surface area contributed by atoms with E-state index in [9.17, 15) is 0 Å². The van der Waals surface area contributed by atoms with Crippen LogP contribution in [-0.2, 0) is 6.42 Å². The maximum Gasteiger partial charge on any atom is 0.193 e. The minimum atomic E-state index is 1.11. The van der Waals surface area contributed by atoms with Crippen molar-refractivity contribution in [2.24, 2.45) is 0 Å². The molecule has 0 spiro atoms. The summed E-state index contributed by atoms with van der Waals surface area (Å²) in [7, 11) is 0. The van der Waals surface area contributed by atoms with E-state index in [0.717, 1.165) is 11.4 Å². The van der Waals surface area contributed by atoms with Crippen molar-refractivity contribution < 1.29 is 0 Å². The Balaban J connectivity index is 2.51. The standard InChI is InChI=1S/C8H10N2S/c1-2-3-7-6-11-8-9-4-5-10(7)8/h4-6H,2-3H2,1H3. The van der Waals surface area contributed by atoms with Crippen molar-refractivity contribution in [2.75, 3.05) is 0 Å². The van der Waals surface area contributed by atoms with Gasteiger partial charge in [-0.15, -0.1) is 11.3 Å². The lowest BCUT2D eigenvalue weighted by Gasteiger charge is -1.92. The number of rotatable bonds is 2. The number of aromatic nitrogens is 2. The van der Waals surface area contributed by atoms with E-state index in [-0.39, 0.29) is 0 Å². The number of thiazole rings is 1. The van der Waals surface area contributed by atoms with E-state index in [1.165, 1.54) is 12.1 Å². The SMILES string of the molecule is CCCc1csc2nccn12. The molecule has 0 radical (unpaired) electrons. The Morgan fingerprint density at radius 2 is 2.55 bits per heavy atom. The predicted octanol–water partition coefficient (Wildman–Crippen LogP) is 2.35. The molecule has 2 heterocycles. The summed E-state index contributed by atoms with van der Waals surface area (Å²) in [5, 5.41) is 2.19. The van der Waals surface area contributed by atoms with E-state index in [1.807, 2.05) is 12.4 Å². The molecule has 0 fully saturated rings. The van der Waals surface area contributed by atoms with Crippen molar-refractivity contribution in [1.29, 1.82) is 0 Å². The first-order chi connectivity index (χ1) is 5.42. The lowest BCUT2D eigenvalue weighted by molar-refractivity contribution is 0.871. The third-order valence-corrected chi connectivity index (χ3v) is 2.63. The third-order valence-electron chi connectivity index (χ3n) is 1.72. The second-order valence-electron chi connectivity index (χ2n) is 2.56. The fraction of sp³-hybridized carbons (Fsp3) is 0.375. The van der Waals surface area contributed by atoms with Crippen LogP contribution in [0.2, 0.25) is 0 Å². The summed E-state index contributed by atoms with van der Waals surface area (Å²) in [4.78, 5) is 5.31. The van der Waals surface area contributed by atoms with Crippen molar-refractivity contribution in [3.05, 3.63) is 23.5 Å². The zero-order chi connectivity index (χ0) is 7.68. The van der Waals surface area contributed by atoms with E-state index in [1.54, 1.807) is 11.3 Å². The molecule has 0 aromatic carbocycles. The minimum Gasteiger partial charge on any atom is -0.295 e. The fourth-order valence-corrected chi connectivity index (χ4v) is 2.09. The number of nitrogens with zero attached hydrogens (tertiary/aromatic N) is 2. The van der Waals surface area contributed by atoms with Crippen molar-refractivity contribution in [3.8, 4) is 0 Å². The quantitative estimate of drug-likeness (QED) is 0.669. The van der Waals surface area contributed by atoms with E-state index in [4.69, 9.17) is 0 Å². The number of fused-ring (bicyclic) bond motifs is 1. The van der Waals surface area contributed by atoms with Crippen LogP contribution in [0.1, 0.15) is 19.0 Å². The molecule has 2 nitrogen and oxygen atoms in total. The average Bonchev–Trinajstić information content (AvgIpc) is 2.53. The summed E-state index contributed by atoms with van der Waals surface area (Å²) in [6.07, 6.45) is 6.22. The summed E-state index contributed by atoms with van der Waals surface area (Å²) in [5.41, 5.74) is 1.38. The number of hydrogen-bond donors (Lipinski definition) is 0. The molecule has 2 rings (SSSR count). The molecular weight excluding hydrogens is 156 g/mol. The van der Waals surface area contributed by atoms with Gasteiger partial charge in [-0.1, -0.05) is 13.3 Å². The molecule has 0 saturated heterocycles. The van der Waals surface area contributed by atoms with Gasteiger partial charge < -0.3 is 0 Å². The van der Waals surface area contributed by atoms with Crippen LogP contribution in [0.3, 0.4) is 0 Å². The van der Waals surface area contributed by atoms with Crippen LogP contribution in [0.5, 0.6) is 0 Å². The van der Waals surface area contributed by atoms with Gasteiger partial charge in [0.2, 0.25) is 0 Å². The predicted molar refractivity (Wildman–Crippen MR) is 47.1 cm³/mol. The molecule has 0 saturated carbocycles. The maximum atomic E-state index is 4.20. The van der Waals surface area contributed by atoms with Gasteiger partial charge in [0.05, 0.1) is 0 Å². The van der Waals surface area contributed by atoms with Crippen LogP contribution in [0.4, 0.5) is 0 Å². The Kier molecular flexibility index (Phi) is 1.66. The Morgan fingerprint density at radius 3 is 3.36 bits per heavy atom. The molecular formula is C8H10N2S. The topological polar surface area (TPSA) is 17.3 Å². The van der Waals surface area contributed by atoms with Gasteiger partial charge in [-0.2, -0.15) is 0 Å². The van der Waals surface area contributed by atoms with Crippen LogP contribution < -0.4 is 0 Å². The average molecular weight is 166 g/mol. The first kappa shape index (κ1) is 6.85. The summed E-state index contributed by atoms with van der Waals surface area (Å²) in [6, 6.07) is 0. The molecule has 11 heavy (non-hydrogen) atoms. The molecule has 0 aliphatic carbocycles. The lowest BCUT2D eigenvalue weighted by Crippen LogP contribution is -1.87. The van der Waals surface area contributed by atoms with Gasteiger partial charge in [0.15, 0.2) is 4.96 Å². The number of hydrogen-bond acceptors (Lipinski definition) is 2. The van der Waals surface area contributed by atoms with Gasteiger partial charge in [-0.25, -0.2) is 4.98 Å². The Bertz CT molecular complexity index is 347. The molecule has 0 aliphatic heterocycles. The monoisotopic (exact) mass is 166 g/mol. The van der Waals surface area contributed by atoms with Gasteiger partial charge >= 0.3 is 0 Å². The summed E-state index contributed by atoms with van der Waals surface area (Å²) in [5.74, 6) is 0. The normalized spacial score (nSPS) is 11.0. The largest absolute Gasteiger partial charge is 0.295 e. The minimum absolute atomic E-state index is 1.11. The highest BCUT2D eigenvalue weighted by molar-refractivity contribution is 7.15. The van der Waals surface area contributed by atoms with Crippen LogP contribution in [0, 0.1) is 0 Å². The Morgan fingerprint density at radius 1 is 1.64 bits per heavy atom. The molecule has 2 aromatic heterocycles. The van der Waals surface area contributed by atoms with E-state index < -0.39 is 0 Å². The van der Waals surface area contributed by atoms with Crippen LogP contribution >= 0.6 is 11.3 Å². The van der Waals surface area contributed by atoms with Crippen molar-refractivity contribution in [3.63, 3.8) is 0 Å². The zero-order valence-electron chi connectivity index (χ0n) is 6.45. The molecule has 0 N–H and O–H groups in total. The van der Waals surface area contributed by atoms with Crippen LogP contribution in [-0.4, -0.2) is 9.38 Å². The zero-order valence-corrected chi connectivity index (χ0v) is 7.27. The van der Waals surface area contributed by atoms with Gasteiger partial charge in [-0.05, 0) is 6.42 Å². The number of imidazole rings is 1. The van der Waals surface area contributed by atoms with Crippen LogP contribution in [0.25, 0.3) is 4.96 Å². The molecule has 3 heteroatoms. The third kappa shape index (κ3) is 1.05.